The Morgan fingerprint density at radius 3 is 2.24 bits per heavy atom. The number of carbonyl (C=O) groups is 2. The molecule has 0 bridgehead atoms. The molecule has 0 aromatic heterocycles. The second-order valence-electron chi connectivity index (χ2n) is 8.68. The number of likely N-dealkylation sites (tertiary alicyclic amines) is 1. The van der Waals surface area contributed by atoms with Crippen LogP contribution in [-0.2, 0) is 14.8 Å². The molecule has 1 fully saturated rings. The summed E-state index contributed by atoms with van der Waals surface area (Å²) < 4.78 is 41.0. The van der Waals surface area contributed by atoms with Crippen molar-refractivity contribution in [2.45, 2.75) is 57.4 Å². The first-order valence-corrected chi connectivity index (χ1v) is 13.1. The fraction of sp³-hybridized carbons (Fsp3) is 0.440. The lowest BCUT2D eigenvalue weighted by Crippen LogP contribution is -2.48. The molecule has 0 saturated carbocycles. The Hall–Kier alpha value is -2.94. The van der Waals surface area contributed by atoms with E-state index in [2.05, 4.69) is 10.0 Å². The number of hydrogen-bond donors (Lipinski definition) is 2. The average molecular weight is 490 g/mol. The fourth-order valence-electron chi connectivity index (χ4n) is 4.10. The molecular formula is C25H32FN3O4S. The highest BCUT2D eigenvalue weighted by atomic mass is 32.2. The number of amides is 2. The average Bonchev–Trinajstić information content (AvgIpc) is 2.82. The number of nitrogens with zero attached hydrogens (tertiary/aromatic N) is 1. The van der Waals surface area contributed by atoms with Crippen LogP contribution < -0.4 is 10.0 Å². The number of aryl methyl sites for hydroxylation is 1. The summed E-state index contributed by atoms with van der Waals surface area (Å²) in [5, 5.41) is 3.01. The Morgan fingerprint density at radius 2 is 1.68 bits per heavy atom. The van der Waals surface area contributed by atoms with Gasteiger partial charge < -0.3 is 10.2 Å². The van der Waals surface area contributed by atoms with Gasteiger partial charge in [0.25, 0.3) is 15.9 Å². The maximum atomic E-state index is 13.4. The molecule has 184 valence electrons. The van der Waals surface area contributed by atoms with Crippen molar-refractivity contribution >= 4 is 27.5 Å². The normalized spacial score (nSPS) is 14.8. The van der Waals surface area contributed by atoms with Gasteiger partial charge in [-0.15, -0.1) is 0 Å². The minimum Gasteiger partial charge on any atom is -0.349 e. The summed E-state index contributed by atoms with van der Waals surface area (Å²) in [5.74, 6) is -0.455. The first-order chi connectivity index (χ1) is 16.1. The molecule has 1 heterocycles. The second kappa shape index (κ2) is 11.0. The van der Waals surface area contributed by atoms with Crippen molar-refractivity contribution in [3.63, 3.8) is 0 Å². The number of nitrogens with one attached hydrogen (secondary N) is 2. The standard InChI is InChI=1S/C25H32FN3O4S/c1-4-18(5-2)25(31)29-14-12-20(13-15-29)27-24(30)19-6-8-21(9-7-19)28-34(32,33)22-10-11-23(26)17(3)16-22/h6-11,16,18,20,28H,4-5,12-15H2,1-3H3,(H,27,30). The zero-order chi connectivity index (χ0) is 24.9. The van der Waals surface area contributed by atoms with Crippen LogP contribution >= 0.6 is 0 Å². The summed E-state index contributed by atoms with van der Waals surface area (Å²) >= 11 is 0. The van der Waals surface area contributed by atoms with Crippen LogP contribution in [0.25, 0.3) is 0 Å². The van der Waals surface area contributed by atoms with Crippen molar-refractivity contribution in [1.29, 1.82) is 0 Å². The van der Waals surface area contributed by atoms with Gasteiger partial charge in [-0.25, -0.2) is 12.8 Å². The lowest BCUT2D eigenvalue weighted by Gasteiger charge is -2.34. The molecule has 0 radical (unpaired) electrons. The van der Waals surface area contributed by atoms with E-state index in [1.54, 1.807) is 12.1 Å². The minimum atomic E-state index is -3.88. The third kappa shape index (κ3) is 6.14. The molecule has 34 heavy (non-hydrogen) atoms. The Balaban J connectivity index is 1.55. The number of benzene rings is 2. The number of halogens is 1. The van der Waals surface area contributed by atoms with E-state index in [1.807, 2.05) is 18.7 Å². The van der Waals surface area contributed by atoms with Crippen LogP contribution in [0.4, 0.5) is 10.1 Å². The van der Waals surface area contributed by atoms with Crippen LogP contribution in [0.5, 0.6) is 0 Å². The number of sulfonamides is 1. The summed E-state index contributed by atoms with van der Waals surface area (Å²) in [6.07, 6.45) is 3.07. The Labute approximate surface area is 200 Å². The van der Waals surface area contributed by atoms with E-state index in [0.29, 0.717) is 37.2 Å². The highest BCUT2D eigenvalue weighted by Crippen LogP contribution is 2.20. The van der Waals surface area contributed by atoms with E-state index >= 15 is 0 Å². The molecular weight excluding hydrogens is 457 g/mol. The Kier molecular flexibility index (Phi) is 8.30. The maximum Gasteiger partial charge on any atom is 0.261 e. The number of hydrogen-bond acceptors (Lipinski definition) is 4. The number of piperidine rings is 1. The summed E-state index contributed by atoms with van der Waals surface area (Å²) in [6, 6.07) is 9.70. The molecule has 2 amide bonds. The third-order valence-electron chi connectivity index (χ3n) is 6.32. The molecule has 1 aliphatic heterocycles. The van der Waals surface area contributed by atoms with Gasteiger partial charge in [-0.05, 0) is 80.6 Å². The van der Waals surface area contributed by atoms with Gasteiger partial charge in [0.05, 0.1) is 4.90 Å². The van der Waals surface area contributed by atoms with Gasteiger partial charge in [0.1, 0.15) is 5.82 Å². The van der Waals surface area contributed by atoms with Gasteiger partial charge in [-0.2, -0.15) is 0 Å². The Bertz CT molecular complexity index is 1120. The van der Waals surface area contributed by atoms with Crippen LogP contribution in [0.2, 0.25) is 0 Å². The summed E-state index contributed by atoms with van der Waals surface area (Å²) in [7, 11) is -3.88. The summed E-state index contributed by atoms with van der Waals surface area (Å²) in [4.78, 5) is 27.0. The second-order valence-corrected chi connectivity index (χ2v) is 10.4. The van der Waals surface area contributed by atoms with Crippen molar-refractivity contribution in [2.24, 2.45) is 5.92 Å². The first-order valence-electron chi connectivity index (χ1n) is 11.6. The number of anilines is 1. The molecule has 3 rings (SSSR count). The van der Waals surface area contributed by atoms with Crippen molar-refractivity contribution < 1.29 is 22.4 Å². The zero-order valence-electron chi connectivity index (χ0n) is 19.8. The largest absolute Gasteiger partial charge is 0.349 e. The molecule has 0 atom stereocenters. The van der Waals surface area contributed by atoms with E-state index in [4.69, 9.17) is 0 Å². The molecule has 2 aromatic rings. The van der Waals surface area contributed by atoms with E-state index < -0.39 is 15.8 Å². The van der Waals surface area contributed by atoms with Gasteiger partial charge in [-0.1, -0.05) is 13.8 Å². The maximum absolute atomic E-state index is 13.4. The van der Waals surface area contributed by atoms with Crippen molar-refractivity contribution in [1.82, 2.24) is 10.2 Å². The van der Waals surface area contributed by atoms with Crippen LogP contribution in [0.1, 0.15) is 55.5 Å². The van der Waals surface area contributed by atoms with Crippen LogP contribution in [-0.4, -0.2) is 44.3 Å². The molecule has 1 saturated heterocycles. The summed E-state index contributed by atoms with van der Waals surface area (Å²) in [6.45, 7) is 6.81. The third-order valence-corrected chi connectivity index (χ3v) is 7.69. The first kappa shape index (κ1) is 25.7. The van der Waals surface area contributed by atoms with Gasteiger partial charge in [0.2, 0.25) is 5.91 Å². The SMILES string of the molecule is CCC(CC)C(=O)N1CCC(NC(=O)c2ccc(NS(=O)(=O)c3ccc(F)c(C)c3)cc2)CC1. The van der Waals surface area contributed by atoms with Gasteiger partial charge in [0.15, 0.2) is 0 Å². The molecule has 0 spiro atoms. The number of rotatable bonds is 8. The Morgan fingerprint density at radius 1 is 1.06 bits per heavy atom. The monoisotopic (exact) mass is 489 g/mol. The van der Waals surface area contributed by atoms with E-state index in [-0.39, 0.29) is 34.2 Å². The minimum absolute atomic E-state index is 0.0156. The van der Waals surface area contributed by atoms with Crippen molar-refractivity contribution in [3.05, 3.63) is 59.4 Å². The predicted octanol–water partition coefficient (Wildman–Crippen LogP) is 4.09. The molecule has 2 aromatic carbocycles. The van der Waals surface area contributed by atoms with Crippen LogP contribution in [0.3, 0.4) is 0 Å². The quantitative estimate of drug-likeness (QED) is 0.584. The molecule has 0 aliphatic carbocycles. The number of carbonyl (C=O) groups excluding carboxylic acids is 2. The van der Waals surface area contributed by atoms with Crippen molar-refractivity contribution in [2.75, 3.05) is 17.8 Å². The van der Waals surface area contributed by atoms with Crippen molar-refractivity contribution in [3.8, 4) is 0 Å². The fourth-order valence-corrected chi connectivity index (χ4v) is 5.24. The van der Waals surface area contributed by atoms with E-state index in [1.165, 1.54) is 31.2 Å². The highest BCUT2D eigenvalue weighted by molar-refractivity contribution is 7.92. The molecule has 9 heteroatoms. The highest BCUT2D eigenvalue weighted by Gasteiger charge is 2.27. The molecule has 1 aliphatic rings. The van der Waals surface area contributed by atoms with Crippen LogP contribution in [0, 0.1) is 18.7 Å². The van der Waals surface area contributed by atoms with Gasteiger partial charge >= 0.3 is 0 Å². The predicted molar refractivity (Wildman–Crippen MR) is 130 cm³/mol. The summed E-state index contributed by atoms with van der Waals surface area (Å²) in [5.41, 5.74) is 0.948. The van der Waals surface area contributed by atoms with E-state index in [9.17, 15) is 22.4 Å². The zero-order valence-corrected chi connectivity index (χ0v) is 20.6. The van der Waals surface area contributed by atoms with Gasteiger partial charge in [-0.3, -0.25) is 14.3 Å². The van der Waals surface area contributed by atoms with Crippen LogP contribution in [0.15, 0.2) is 47.4 Å². The molecule has 2 N–H and O–H groups in total. The lowest BCUT2D eigenvalue weighted by atomic mass is 9.98. The van der Waals surface area contributed by atoms with E-state index in [0.717, 1.165) is 18.9 Å². The topological polar surface area (TPSA) is 95.6 Å². The lowest BCUT2D eigenvalue weighted by molar-refractivity contribution is -0.136. The molecule has 0 unspecified atom stereocenters. The molecule has 7 nitrogen and oxygen atoms in total. The smallest absolute Gasteiger partial charge is 0.261 e. The van der Waals surface area contributed by atoms with Gasteiger partial charge in [0, 0.05) is 36.3 Å².